The van der Waals surface area contributed by atoms with Gasteiger partial charge in [-0.1, -0.05) is 61.0 Å². The molecule has 1 heterocycles. The minimum atomic E-state index is 0.0334. The summed E-state index contributed by atoms with van der Waals surface area (Å²) < 4.78 is 5.96. The van der Waals surface area contributed by atoms with E-state index in [-0.39, 0.29) is 5.41 Å². The van der Waals surface area contributed by atoms with Gasteiger partial charge in [-0.25, -0.2) is 0 Å². The van der Waals surface area contributed by atoms with Gasteiger partial charge < -0.3 is 4.42 Å². The van der Waals surface area contributed by atoms with Crippen LogP contribution in [0.4, 0.5) is 0 Å². The Bertz CT molecular complexity index is 853. The predicted octanol–water partition coefficient (Wildman–Crippen LogP) is 5.27. The molecule has 2 aromatic carbocycles. The molecule has 104 valence electrons. The number of hydrogen-bond donors (Lipinski definition) is 0. The van der Waals surface area contributed by atoms with Gasteiger partial charge in [-0.2, -0.15) is 0 Å². The van der Waals surface area contributed by atoms with E-state index in [1.54, 1.807) is 0 Å². The molecule has 0 aliphatic heterocycles. The van der Waals surface area contributed by atoms with Gasteiger partial charge in [0.15, 0.2) is 0 Å². The topological polar surface area (TPSA) is 13.1 Å². The van der Waals surface area contributed by atoms with Gasteiger partial charge in [0.1, 0.15) is 11.3 Å². The first-order chi connectivity index (χ1) is 10.2. The summed E-state index contributed by atoms with van der Waals surface area (Å²) in [6.45, 7) is 4.46. The average molecular weight is 274 g/mol. The molecular weight excluding hydrogens is 256 g/mol. The van der Waals surface area contributed by atoms with Gasteiger partial charge in [0.2, 0.25) is 0 Å². The molecule has 0 amide bonds. The minimum Gasteiger partial charge on any atom is -0.456 e. The summed E-state index contributed by atoms with van der Waals surface area (Å²) in [5.41, 5.74) is 5.03. The molecule has 1 aliphatic rings. The lowest BCUT2D eigenvalue weighted by molar-refractivity contribution is 0.550. The van der Waals surface area contributed by atoms with E-state index in [1.165, 1.54) is 22.1 Å². The van der Waals surface area contributed by atoms with Gasteiger partial charge in [0.05, 0.1) is 0 Å². The zero-order valence-electron chi connectivity index (χ0n) is 12.4. The Labute approximate surface area is 124 Å². The van der Waals surface area contributed by atoms with Crippen LogP contribution in [0.2, 0.25) is 0 Å². The van der Waals surface area contributed by atoms with Crippen LogP contribution < -0.4 is 0 Å². The van der Waals surface area contributed by atoms with E-state index in [2.05, 4.69) is 62.4 Å². The number of para-hydroxylation sites is 1. The number of fused-ring (bicyclic) bond motifs is 3. The maximum atomic E-state index is 5.96. The number of allylic oxidation sites excluding steroid dienone is 1. The van der Waals surface area contributed by atoms with Crippen molar-refractivity contribution in [1.82, 2.24) is 0 Å². The third kappa shape index (κ3) is 1.92. The molecule has 0 fully saturated rings. The lowest BCUT2D eigenvalue weighted by Crippen LogP contribution is -2.24. The van der Waals surface area contributed by atoms with E-state index < -0.39 is 0 Å². The van der Waals surface area contributed by atoms with Crippen LogP contribution in [0, 0.1) is 6.92 Å². The van der Waals surface area contributed by atoms with E-state index in [9.17, 15) is 0 Å². The van der Waals surface area contributed by atoms with Crippen molar-refractivity contribution in [1.29, 1.82) is 0 Å². The fraction of sp³-hybridized carbons (Fsp3) is 0.200. The summed E-state index contributed by atoms with van der Waals surface area (Å²) in [4.78, 5) is 0. The molecule has 0 N–H and O–H groups in total. The Balaban J connectivity index is 1.86. The summed E-state index contributed by atoms with van der Waals surface area (Å²) in [5.74, 6) is 1.02. The highest BCUT2D eigenvalue weighted by atomic mass is 16.3. The molecule has 1 nitrogen and oxygen atoms in total. The lowest BCUT2D eigenvalue weighted by atomic mass is 9.74. The largest absolute Gasteiger partial charge is 0.456 e. The van der Waals surface area contributed by atoms with Gasteiger partial charge in [0, 0.05) is 16.4 Å². The Hall–Kier alpha value is -2.28. The van der Waals surface area contributed by atoms with Crippen molar-refractivity contribution < 1.29 is 4.42 Å². The van der Waals surface area contributed by atoms with E-state index in [1.807, 2.05) is 12.1 Å². The highest BCUT2D eigenvalue weighted by molar-refractivity contribution is 5.85. The third-order valence-electron chi connectivity index (χ3n) is 4.55. The quantitative estimate of drug-likeness (QED) is 0.589. The normalized spacial score (nSPS) is 20.7. The standard InChI is InChI=1S/C20H18O/c1-14-6-5-7-15(12-14)20(2)11-10-19-17(13-20)16-8-3-4-9-18(16)21-19/h3-12H,13H2,1-2H3. The summed E-state index contributed by atoms with van der Waals surface area (Å²) >= 11 is 0. The van der Waals surface area contributed by atoms with Crippen LogP contribution in [0.5, 0.6) is 0 Å². The summed E-state index contributed by atoms with van der Waals surface area (Å²) in [6.07, 6.45) is 5.41. The molecule has 4 rings (SSSR count). The molecule has 1 aromatic heterocycles. The highest BCUT2D eigenvalue weighted by Gasteiger charge is 2.30. The molecule has 3 aromatic rings. The van der Waals surface area contributed by atoms with Gasteiger partial charge in [-0.3, -0.25) is 0 Å². The highest BCUT2D eigenvalue weighted by Crippen LogP contribution is 2.40. The molecule has 1 aliphatic carbocycles. The summed E-state index contributed by atoms with van der Waals surface area (Å²) in [6, 6.07) is 17.1. The fourth-order valence-electron chi connectivity index (χ4n) is 3.32. The van der Waals surface area contributed by atoms with Crippen LogP contribution in [0.3, 0.4) is 0 Å². The van der Waals surface area contributed by atoms with Crippen molar-refractivity contribution >= 4 is 17.0 Å². The summed E-state index contributed by atoms with van der Waals surface area (Å²) in [7, 11) is 0. The predicted molar refractivity (Wildman–Crippen MR) is 87.5 cm³/mol. The Morgan fingerprint density at radius 3 is 2.76 bits per heavy atom. The minimum absolute atomic E-state index is 0.0334. The van der Waals surface area contributed by atoms with Gasteiger partial charge in [-0.05, 0) is 31.1 Å². The van der Waals surface area contributed by atoms with Gasteiger partial charge in [-0.15, -0.1) is 0 Å². The van der Waals surface area contributed by atoms with Crippen LogP contribution in [0.1, 0.15) is 29.4 Å². The first-order valence-corrected chi connectivity index (χ1v) is 7.42. The number of rotatable bonds is 1. The van der Waals surface area contributed by atoms with Crippen LogP contribution in [0.25, 0.3) is 17.0 Å². The second-order valence-corrected chi connectivity index (χ2v) is 6.24. The Kier molecular flexibility index (Phi) is 2.58. The van der Waals surface area contributed by atoms with Crippen molar-refractivity contribution in [3.8, 4) is 0 Å². The maximum Gasteiger partial charge on any atom is 0.135 e. The van der Waals surface area contributed by atoms with Crippen LogP contribution in [0.15, 0.2) is 59.0 Å². The molecule has 0 radical (unpaired) electrons. The second-order valence-electron chi connectivity index (χ2n) is 6.24. The molecular formula is C20H18O. The third-order valence-corrected chi connectivity index (χ3v) is 4.55. The molecule has 0 saturated heterocycles. The molecule has 21 heavy (non-hydrogen) atoms. The first-order valence-electron chi connectivity index (χ1n) is 7.42. The molecule has 0 bridgehead atoms. The number of furan rings is 1. The van der Waals surface area contributed by atoms with E-state index in [4.69, 9.17) is 4.42 Å². The molecule has 1 atom stereocenters. The van der Waals surface area contributed by atoms with E-state index in [0.29, 0.717) is 0 Å². The first kappa shape index (κ1) is 12.5. The fourth-order valence-corrected chi connectivity index (χ4v) is 3.32. The Morgan fingerprint density at radius 2 is 1.90 bits per heavy atom. The molecule has 1 unspecified atom stereocenters. The molecule has 1 heteroatoms. The molecule has 0 spiro atoms. The molecule has 0 saturated carbocycles. The summed E-state index contributed by atoms with van der Waals surface area (Å²) in [5, 5.41) is 1.25. The van der Waals surface area contributed by atoms with Crippen molar-refractivity contribution in [2.75, 3.05) is 0 Å². The number of hydrogen-bond acceptors (Lipinski definition) is 1. The monoisotopic (exact) mass is 274 g/mol. The van der Waals surface area contributed by atoms with Gasteiger partial charge in [0.25, 0.3) is 0 Å². The lowest BCUT2D eigenvalue weighted by Gasteiger charge is -2.29. The van der Waals surface area contributed by atoms with Crippen molar-refractivity contribution in [3.63, 3.8) is 0 Å². The van der Waals surface area contributed by atoms with Crippen LogP contribution >= 0.6 is 0 Å². The Morgan fingerprint density at radius 1 is 1.05 bits per heavy atom. The number of aryl methyl sites for hydroxylation is 1. The average Bonchev–Trinajstić information content (AvgIpc) is 2.85. The van der Waals surface area contributed by atoms with Crippen molar-refractivity contribution in [3.05, 3.63) is 77.1 Å². The van der Waals surface area contributed by atoms with E-state index in [0.717, 1.165) is 17.8 Å². The van der Waals surface area contributed by atoms with Crippen molar-refractivity contribution in [2.45, 2.75) is 25.7 Å². The number of benzene rings is 2. The smallest absolute Gasteiger partial charge is 0.135 e. The second kappa shape index (κ2) is 4.36. The maximum absolute atomic E-state index is 5.96. The van der Waals surface area contributed by atoms with E-state index >= 15 is 0 Å². The van der Waals surface area contributed by atoms with Crippen LogP contribution in [-0.4, -0.2) is 0 Å². The SMILES string of the molecule is Cc1cccc(C2(C)C=Cc3oc4ccccc4c3C2)c1. The zero-order valence-corrected chi connectivity index (χ0v) is 12.4. The van der Waals surface area contributed by atoms with Crippen LogP contribution in [-0.2, 0) is 11.8 Å². The van der Waals surface area contributed by atoms with Crippen molar-refractivity contribution in [2.24, 2.45) is 0 Å². The van der Waals surface area contributed by atoms with Gasteiger partial charge >= 0.3 is 0 Å². The zero-order chi connectivity index (χ0) is 14.4.